The summed E-state index contributed by atoms with van der Waals surface area (Å²) < 4.78 is 27.9. The van der Waals surface area contributed by atoms with Gasteiger partial charge in [-0.05, 0) is 39.3 Å². The zero-order valence-electron chi connectivity index (χ0n) is 24.7. The molecule has 4 N–H and O–H groups in total. The first-order valence-electron chi connectivity index (χ1n) is 13.7. The van der Waals surface area contributed by atoms with E-state index in [4.69, 9.17) is 23.4 Å². The number of fused-ring (bicyclic) bond motifs is 1. The number of aryl methyl sites for hydroxylation is 2. The summed E-state index contributed by atoms with van der Waals surface area (Å²) in [6, 6.07) is 2.92. The number of rotatable bonds is 10. The molecule has 1 aliphatic rings. The number of aromatic nitrogens is 2. The van der Waals surface area contributed by atoms with Gasteiger partial charge in [0, 0.05) is 24.3 Å². The van der Waals surface area contributed by atoms with Crippen molar-refractivity contribution in [2.24, 2.45) is 0 Å². The van der Waals surface area contributed by atoms with Crippen molar-refractivity contribution < 1.29 is 43.5 Å². The van der Waals surface area contributed by atoms with Crippen molar-refractivity contribution in [3.63, 3.8) is 0 Å². The molecule has 3 aromatic heterocycles. The van der Waals surface area contributed by atoms with E-state index in [0.717, 1.165) is 21.3 Å². The van der Waals surface area contributed by atoms with Crippen molar-refractivity contribution in [3.8, 4) is 21.4 Å². The Morgan fingerprint density at radius 3 is 2.70 bits per heavy atom. The Balaban J connectivity index is 1.25. The van der Waals surface area contributed by atoms with Gasteiger partial charge in [-0.3, -0.25) is 4.79 Å². The van der Waals surface area contributed by atoms with Crippen LogP contribution in [-0.4, -0.2) is 75.1 Å². The van der Waals surface area contributed by atoms with Gasteiger partial charge in [0.2, 0.25) is 6.29 Å². The molecule has 0 radical (unpaired) electrons. The fourth-order valence-corrected chi connectivity index (χ4v) is 6.64. The summed E-state index contributed by atoms with van der Waals surface area (Å²) in [6.45, 7) is 6.68. The minimum absolute atomic E-state index is 0.00506. The van der Waals surface area contributed by atoms with Gasteiger partial charge >= 0.3 is 5.63 Å². The molecule has 1 saturated heterocycles. The van der Waals surface area contributed by atoms with E-state index in [2.05, 4.69) is 15.3 Å². The zero-order chi connectivity index (χ0) is 31.8. The van der Waals surface area contributed by atoms with Gasteiger partial charge in [-0.1, -0.05) is 6.92 Å². The number of carbonyl (C=O) groups excluding carboxylic acids is 1. The van der Waals surface area contributed by atoms with Gasteiger partial charge in [0.1, 0.15) is 41.3 Å². The van der Waals surface area contributed by atoms with Crippen molar-refractivity contribution in [3.05, 3.63) is 50.4 Å². The molecule has 0 aliphatic carbocycles. The molecular weight excluding hydrogens is 614 g/mol. The van der Waals surface area contributed by atoms with Crippen molar-refractivity contribution in [2.45, 2.75) is 70.9 Å². The molecule has 1 amide bonds. The third kappa shape index (κ3) is 6.35. The van der Waals surface area contributed by atoms with E-state index in [1.165, 1.54) is 30.6 Å². The van der Waals surface area contributed by atoms with Crippen LogP contribution in [0.5, 0.6) is 11.5 Å². The number of aromatic hydroxyl groups is 1. The molecule has 13 nitrogen and oxygen atoms in total. The predicted octanol–water partition coefficient (Wildman–Crippen LogP) is 3.36. The van der Waals surface area contributed by atoms with Gasteiger partial charge in [-0.15, -0.1) is 22.7 Å². The number of thiazole rings is 2. The quantitative estimate of drug-likeness (QED) is 0.185. The van der Waals surface area contributed by atoms with Gasteiger partial charge in [-0.25, -0.2) is 14.8 Å². The Kier molecular flexibility index (Phi) is 9.36. The van der Waals surface area contributed by atoms with Crippen molar-refractivity contribution in [1.82, 2.24) is 9.97 Å². The fourth-order valence-electron chi connectivity index (χ4n) is 4.92. The summed E-state index contributed by atoms with van der Waals surface area (Å²) in [4.78, 5) is 35.2. The van der Waals surface area contributed by atoms with E-state index in [0.29, 0.717) is 11.3 Å². The van der Waals surface area contributed by atoms with Crippen molar-refractivity contribution in [2.75, 3.05) is 19.0 Å². The van der Waals surface area contributed by atoms with E-state index in [1.807, 2.05) is 12.3 Å². The number of anilines is 1. The molecule has 4 aromatic rings. The van der Waals surface area contributed by atoms with Crippen LogP contribution in [0.1, 0.15) is 37.0 Å². The summed E-state index contributed by atoms with van der Waals surface area (Å²) >= 11 is 3.03. The highest BCUT2D eigenvalue weighted by molar-refractivity contribution is 7.20. The molecular formula is C29H33N3O10S2. The molecule has 5 rings (SSSR count). The van der Waals surface area contributed by atoms with Crippen LogP contribution in [0.3, 0.4) is 0 Å². The third-order valence-corrected chi connectivity index (χ3v) is 9.36. The largest absolute Gasteiger partial charge is 0.505 e. The van der Waals surface area contributed by atoms with Crippen LogP contribution in [0.4, 0.5) is 5.69 Å². The second-order valence-electron chi connectivity index (χ2n) is 10.7. The number of nitrogens with zero attached hydrogens (tertiary/aromatic N) is 2. The second-order valence-corrected chi connectivity index (χ2v) is 12.7. The van der Waals surface area contributed by atoms with Crippen molar-refractivity contribution in [1.29, 1.82) is 0 Å². The molecule has 44 heavy (non-hydrogen) atoms. The van der Waals surface area contributed by atoms with Crippen LogP contribution in [-0.2, 0) is 32.0 Å². The van der Waals surface area contributed by atoms with E-state index < -0.39 is 59.8 Å². The van der Waals surface area contributed by atoms with E-state index >= 15 is 0 Å². The highest BCUT2D eigenvalue weighted by atomic mass is 32.1. The Labute approximate surface area is 260 Å². The van der Waals surface area contributed by atoms with Crippen LogP contribution in [0.2, 0.25) is 0 Å². The lowest BCUT2D eigenvalue weighted by atomic mass is 9.89. The molecule has 1 aromatic carbocycles. The highest BCUT2D eigenvalue weighted by Gasteiger charge is 2.50. The normalized spacial score (nSPS) is 21.4. The van der Waals surface area contributed by atoms with Gasteiger partial charge < -0.3 is 44.0 Å². The number of carbonyl (C=O) groups is 1. The molecule has 0 unspecified atom stereocenters. The fraction of sp³-hybridized carbons (Fsp3) is 0.448. The second kappa shape index (κ2) is 12.9. The Morgan fingerprint density at radius 2 is 2.00 bits per heavy atom. The van der Waals surface area contributed by atoms with Gasteiger partial charge in [0.15, 0.2) is 11.4 Å². The number of hydrogen-bond donors (Lipinski definition) is 4. The summed E-state index contributed by atoms with van der Waals surface area (Å²) in [5.41, 5.74) is -1.45. The Bertz CT molecular complexity index is 1720. The SMILES string of the molecule is CCc1ncc(-c2nc(COCC(=O)Nc3c(O)c4ccc(O[C@@H]5OC(C)(C)[C@H](OC)[C@@H](O)[C@H]5O)c(C)c4oc3=O)cs2)s1. The maximum atomic E-state index is 12.8. The Morgan fingerprint density at radius 1 is 1.23 bits per heavy atom. The topological polar surface area (TPSA) is 183 Å². The first-order valence-corrected chi connectivity index (χ1v) is 15.4. The molecule has 236 valence electrons. The van der Waals surface area contributed by atoms with Gasteiger partial charge in [-0.2, -0.15) is 0 Å². The first kappa shape index (κ1) is 32.0. The van der Waals surface area contributed by atoms with Crippen LogP contribution in [0.15, 0.2) is 32.9 Å². The maximum absolute atomic E-state index is 12.8. The van der Waals surface area contributed by atoms with Crippen LogP contribution < -0.4 is 15.7 Å². The summed E-state index contributed by atoms with van der Waals surface area (Å²) in [7, 11) is 1.41. The van der Waals surface area contributed by atoms with Crippen molar-refractivity contribution >= 4 is 45.2 Å². The number of ether oxygens (including phenoxy) is 4. The number of amides is 1. The lowest BCUT2D eigenvalue weighted by molar-refractivity contribution is -0.306. The third-order valence-electron chi connectivity index (χ3n) is 7.15. The number of aliphatic hydroxyl groups excluding tert-OH is 2. The lowest BCUT2D eigenvalue weighted by Gasteiger charge is -2.46. The smallest absolute Gasteiger partial charge is 0.364 e. The molecule has 0 saturated carbocycles. The average Bonchev–Trinajstić information content (AvgIpc) is 3.65. The van der Waals surface area contributed by atoms with Gasteiger partial charge in [0.05, 0.1) is 33.2 Å². The van der Waals surface area contributed by atoms with E-state index in [9.17, 15) is 24.9 Å². The van der Waals surface area contributed by atoms with E-state index in [-0.39, 0.29) is 23.3 Å². The average molecular weight is 648 g/mol. The molecule has 4 atom stereocenters. The number of benzene rings is 1. The van der Waals surface area contributed by atoms with Crippen LogP contribution in [0, 0.1) is 6.92 Å². The molecule has 4 heterocycles. The Hall–Kier alpha value is -3.44. The number of nitrogens with one attached hydrogen (secondary N) is 1. The van der Waals surface area contributed by atoms with Crippen LogP contribution >= 0.6 is 22.7 Å². The molecule has 15 heteroatoms. The molecule has 1 aliphatic heterocycles. The standard InChI is InChI=1S/C29H33N3O10S2/c1-6-19-30-9-17(44-19)26-31-14(12-43-26)10-39-11-18(33)32-20-21(34)15-7-8-16(13(2)24(15)41-27(20)37)40-28-23(36)22(35)25(38-5)29(3,4)42-28/h7-9,12,22-23,25,28,34-36H,6,10-11H2,1-5H3,(H,32,33)/t22-,23+,25+,28+/m0/s1. The monoisotopic (exact) mass is 647 g/mol. The van der Waals surface area contributed by atoms with Gasteiger partial charge in [0.25, 0.3) is 5.91 Å². The zero-order valence-corrected chi connectivity index (χ0v) is 26.3. The summed E-state index contributed by atoms with van der Waals surface area (Å²) in [5, 5.41) is 38.2. The number of methoxy groups -OCH3 is 1. The van der Waals surface area contributed by atoms with Crippen LogP contribution in [0.25, 0.3) is 20.9 Å². The first-order chi connectivity index (χ1) is 20.9. The number of aliphatic hydroxyl groups is 2. The minimum atomic E-state index is -1.44. The highest BCUT2D eigenvalue weighted by Crippen LogP contribution is 2.38. The lowest BCUT2D eigenvalue weighted by Crippen LogP contribution is -2.63. The molecule has 0 spiro atoms. The number of hydrogen-bond acceptors (Lipinski definition) is 14. The molecule has 1 fully saturated rings. The van der Waals surface area contributed by atoms with E-state index in [1.54, 1.807) is 38.3 Å². The summed E-state index contributed by atoms with van der Waals surface area (Å²) in [5.74, 6) is -0.986. The maximum Gasteiger partial charge on any atom is 0.364 e. The minimum Gasteiger partial charge on any atom is -0.505 e. The summed E-state index contributed by atoms with van der Waals surface area (Å²) in [6.07, 6.45) is -2.15. The predicted molar refractivity (Wildman–Crippen MR) is 162 cm³/mol. The molecule has 0 bridgehead atoms.